The average molecular weight is 422 g/mol. The van der Waals surface area contributed by atoms with Gasteiger partial charge in [0.1, 0.15) is 5.76 Å². The Balaban J connectivity index is 0.00000400. The zero-order chi connectivity index (χ0) is 15.3. The first-order chi connectivity index (χ1) is 9.25. The van der Waals surface area contributed by atoms with E-state index in [0.717, 1.165) is 5.56 Å². The number of aliphatic hydroxyl groups excluding tert-OH is 1. The normalized spacial score (nSPS) is 13.6. The molecule has 1 aromatic rings. The molecule has 1 aromatic heterocycles. The standard InChI is InChI=1S/C11H17F3N4O2.HI/c1-6-8(7(2)20-18-6)4-16-10(15-3)17-5-9(19)11(12,13)14;/h9,19H,4-5H2,1-3H3,(H2,15,16,17);1H. The maximum absolute atomic E-state index is 12.1. The van der Waals surface area contributed by atoms with Crippen molar-refractivity contribution in [3.05, 3.63) is 17.0 Å². The van der Waals surface area contributed by atoms with E-state index in [1.54, 1.807) is 13.8 Å². The van der Waals surface area contributed by atoms with Crippen LogP contribution in [0.1, 0.15) is 17.0 Å². The molecule has 1 unspecified atom stereocenters. The molecule has 0 saturated heterocycles. The lowest BCUT2D eigenvalue weighted by atomic mass is 10.2. The summed E-state index contributed by atoms with van der Waals surface area (Å²) in [5.74, 6) is 0.772. The van der Waals surface area contributed by atoms with E-state index in [0.29, 0.717) is 18.0 Å². The molecule has 0 fully saturated rings. The predicted octanol–water partition coefficient (Wildman–Crippen LogP) is 1.50. The molecular formula is C11H18F3IN4O2. The molecule has 3 N–H and O–H groups in total. The lowest BCUT2D eigenvalue weighted by Crippen LogP contribution is -2.45. The minimum absolute atomic E-state index is 0. The summed E-state index contributed by atoms with van der Waals surface area (Å²) in [6.07, 6.45) is -7.10. The Kier molecular flexibility index (Phi) is 8.00. The van der Waals surface area contributed by atoms with Crippen molar-refractivity contribution in [3.8, 4) is 0 Å². The zero-order valence-electron chi connectivity index (χ0n) is 11.8. The van der Waals surface area contributed by atoms with Crippen LogP contribution in [0.5, 0.6) is 0 Å². The van der Waals surface area contributed by atoms with E-state index in [4.69, 9.17) is 9.63 Å². The maximum atomic E-state index is 12.1. The minimum Gasteiger partial charge on any atom is -0.382 e. The number of aromatic nitrogens is 1. The highest BCUT2D eigenvalue weighted by Crippen LogP contribution is 2.19. The van der Waals surface area contributed by atoms with Crippen LogP contribution in [0.15, 0.2) is 9.52 Å². The summed E-state index contributed by atoms with van der Waals surface area (Å²) in [6.45, 7) is 3.13. The van der Waals surface area contributed by atoms with Crippen molar-refractivity contribution in [2.75, 3.05) is 13.6 Å². The van der Waals surface area contributed by atoms with Gasteiger partial charge in [0.25, 0.3) is 0 Å². The summed E-state index contributed by atoms with van der Waals surface area (Å²) in [5.41, 5.74) is 1.50. The van der Waals surface area contributed by atoms with Gasteiger partial charge in [-0.1, -0.05) is 5.16 Å². The topological polar surface area (TPSA) is 82.7 Å². The van der Waals surface area contributed by atoms with Crippen LogP contribution < -0.4 is 10.6 Å². The van der Waals surface area contributed by atoms with Crippen LogP contribution in [0.2, 0.25) is 0 Å². The third-order valence-electron chi connectivity index (χ3n) is 2.68. The van der Waals surface area contributed by atoms with Gasteiger partial charge in [0.2, 0.25) is 0 Å². The fraction of sp³-hybridized carbons (Fsp3) is 0.636. The third-order valence-corrected chi connectivity index (χ3v) is 2.68. The summed E-state index contributed by atoms with van der Waals surface area (Å²) >= 11 is 0. The highest BCUT2D eigenvalue weighted by atomic mass is 127. The SMILES string of the molecule is CN=C(NCc1c(C)noc1C)NCC(O)C(F)(F)F.I. The lowest BCUT2D eigenvalue weighted by Gasteiger charge is -2.17. The molecule has 10 heteroatoms. The third kappa shape index (κ3) is 6.08. The predicted molar refractivity (Wildman–Crippen MR) is 81.7 cm³/mol. The highest BCUT2D eigenvalue weighted by molar-refractivity contribution is 14.0. The number of aliphatic imine (C=N–C) groups is 1. The molecule has 0 saturated carbocycles. The van der Waals surface area contributed by atoms with Crippen LogP contribution >= 0.6 is 24.0 Å². The molecule has 1 atom stereocenters. The van der Waals surface area contributed by atoms with Crippen LogP contribution in [0, 0.1) is 13.8 Å². The van der Waals surface area contributed by atoms with Gasteiger partial charge in [-0.05, 0) is 13.8 Å². The van der Waals surface area contributed by atoms with Crippen LogP contribution in [0.25, 0.3) is 0 Å². The second-order valence-corrected chi connectivity index (χ2v) is 4.17. The zero-order valence-corrected chi connectivity index (χ0v) is 14.1. The second-order valence-electron chi connectivity index (χ2n) is 4.17. The molecular weight excluding hydrogens is 404 g/mol. The maximum Gasteiger partial charge on any atom is 0.416 e. The van der Waals surface area contributed by atoms with Crippen LogP contribution in [-0.2, 0) is 6.54 Å². The van der Waals surface area contributed by atoms with E-state index in [1.165, 1.54) is 7.05 Å². The quantitative estimate of drug-likeness (QED) is 0.389. The highest BCUT2D eigenvalue weighted by Gasteiger charge is 2.38. The smallest absolute Gasteiger partial charge is 0.382 e. The van der Waals surface area contributed by atoms with E-state index in [-0.39, 0.29) is 29.9 Å². The number of aryl methyl sites for hydroxylation is 2. The van der Waals surface area contributed by atoms with Crippen molar-refractivity contribution < 1.29 is 22.8 Å². The Labute approximate surface area is 137 Å². The van der Waals surface area contributed by atoms with Crippen molar-refractivity contribution >= 4 is 29.9 Å². The van der Waals surface area contributed by atoms with Gasteiger partial charge >= 0.3 is 6.18 Å². The molecule has 0 aliphatic carbocycles. The second kappa shape index (κ2) is 8.41. The average Bonchev–Trinajstić information content (AvgIpc) is 2.68. The number of nitrogens with one attached hydrogen (secondary N) is 2. The Hall–Kier alpha value is -1.04. The summed E-state index contributed by atoms with van der Waals surface area (Å²) in [4.78, 5) is 3.77. The van der Waals surface area contributed by atoms with Gasteiger partial charge in [-0.15, -0.1) is 24.0 Å². The Morgan fingerprint density at radius 1 is 1.38 bits per heavy atom. The van der Waals surface area contributed by atoms with E-state index in [1.807, 2.05) is 0 Å². The van der Waals surface area contributed by atoms with Gasteiger partial charge in [0.15, 0.2) is 12.1 Å². The number of guanidine groups is 1. The van der Waals surface area contributed by atoms with Gasteiger partial charge in [0, 0.05) is 19.2 Å². The van der Waals surface area contributed by atoms with Crippen LogP contribution in [0.4, 0.5) is 13.2 Å². The van der Waals surface area contributed by atoms with Crippen molar-refractivity contribution in [1.82, 2.24) is 15.8 Å². The van der Waals surface area contributed by atoms with E-state index >= 15 is 0 Å². The minimum atomic E-state index is -4.66. The van der Waals surface area contributed by atoms with Crippen molar-refractivity contribution in [2.45, 2.75) is 32.7 Å². The fourth-order valence-corrected chi connectivity index (χ4v) is 1.46. The van der Waals surface area contributed by atoms with Gasteiger partial charge in [-0.3, -0.25) is 4.99 Å². The Bertz CT molecular complexity index is 457. The monoisotopic (exact) mass is 422 g/mol. The van der Waals surface area contributed by atoms with E-state index < -0.39 is 18.8 Å². The van der Waals surface area contributed by atoms with Crippen molar-refractivity contribution in [2.24, 2.45) is 4.99 Å². The molecule has 0 radical (unpaired) electrons. The number of aliphatic hydroxyl groups is 1. The lowest BCUT2D eigenvalue weighted by molar-refractivity contribution is -0.201. The molecule has 21 heavy (non-hydrogen) atoms. The number of nitrogens with zero attached hydrogens (tertiary/aromatic N) is 2. The van der Waals surface area contributed by atoms with Gasteiger partial charge in [-0.2, -0.15) is 13.2 Å². The summed E-state index contributed by atoms with van der Waals surface area (Å²) < 4.78 is 41.4. The molecule has 1 heterocycles. The molecule has 0 bridgehead atoms. The van der Waals surface area contributed by atoms with E-state index in [2.05, 4.69) is 20.8 Å². The molecule has 1 rings (SSSR count). The molecule has 0 amide bonds. The van der Waals surface area contributed by atoms with Gasteiger partial charge < -0.3 is 20.3 Å². The van der Waals surface area contributed by atoms with Crippen LogP contribution in [0.3, 0.4) is 0 Å². The number of hydrogen-bond acceptors (Lipinski definition) is 4. The molecule has 0 aliphatic heterocycles. The summed E-state index contributed by atoms with van der Waals surface area (Å²) in [7, 11) is 1.42. The van der Waals surface area contributed by atoms with Gasteiger partial charge in [0.05, 0.1) is 12.2 Å². The summed E-state index contributed by atoms with van der Waals surface area (Å²) in [6, 6.07) is 0. The van der Waals surface area contributed by atoms with Gasteiger partial charge in [-0.25, -0.2) is 0 Å². The molecule has 0 aromatic carbocycles. The largest absolute Gasteiger partial charge is 0.416 e. The molecule has 6 nitrogen and oxygen atoms in total. The number of hydrogen-bond donors (Lipinski definition) is 3. The first-order valence-corrected chi connectivity index (χ1v) is 5.86. The molecule has 0 aliphatic rings. The van der Waals surface area contributed by atoms with Crippen LogP contribution in [-0.4, -0.2) is 42.1 Å². The molecule has 0 spiro atoms. The first kappa shape index (κ1) is 20.0. The Morgan fingerprint density at radius 2 is 2.00 bits per heavy atom. The number of alkyl halides is 3. The first-order valence-electron chi connectivity index (χ1n) is 5.86. The fourth-order valence-electron chi connectivity index (χ4n) is 1.46. The number of rotatable bonds is 4. The van der Waals surface area contributed by atoms with Crippen molar-refractivity contribution in [3.63, 3.8) is 0 Å². The molecule has 122 valence electrons. The summed E-state index contributed by atoms with van der Waals surface area (Å²) in [5, 5.41) is 17.9. The number of halogens is 4. The Morgan fingerprint density at radius 3 is 2.43 bits per heavy atom. The van der Waals surface area contributed by atoms with Crippen molar-refractivity contribution in [1.29, 1.82) is 0 Å². The van der Waals surface area contributed by atoms with E-state index in [9.17, 15) is 13.2 Å².